The van der Waals surface area contributed by atoms with Gasteiger partial charge in [-0.1, -0.05) is 0 Å². The van der Waals surface area contributed by atoms with E-state index in [1.165, 1.54) is 0 Å². The zero-order valence-corrected chi connectivity index (χ0v) is 13.6. The Balaban J connectivity index is 1.95. The van der Waals surface area contributed by atoms with E-state index in [1.54, 1.807) is 30.7 Å². The fraction of sp³-hybridized carbons (Fsp3) is 0.800. The fourth-order valence-corrected chi connectivity index (χ4v) is 3.16. The predicted octanol–water partition coefficient (Wildman–Crippen LogP) is -0.392. The van der Waals surface area contributed by atoms with E-state index in [9.17, 15) is 14.4 Å². The number of carbonyl (C=O) groups excluding carboxylic acids is 3. The molecule has 1 atom stereocenters. The molecule has 124 valence electrons. The van der Waals surface area contributed by atoms with Gasteiger partial charge < -0.3 is 19.9 Å². The number of morpholine rings is 1. The second-order valence-corrected chi connectivity index (χ2v) is 6.20. The largest absolute Gasteiger partial charge is 0.362 e. The minimum absolute atomic E-state index is 0.0597. The maximum absolute atomic E-state index is 12.7. The smallest absolute Gasteiger partial charge is 0.253 e. The molecule has 1 unspecified atom stereocenters. The van der Waals surface area contributed by atoms with E-state index < -0.39 is 5.60 Å². The molecule has 2 heterocycles. The van der Waals surface area contributed by atoms with Gasteiger partial charge in [-0.3, -0.25) is 14.4 Å². The lowest BCUT2D eigenvalue weighted by Gasteiger charge is -2.41. The number of amides is 3. The predicted molar refractivity (Wildman–Crippen MR) is 80.0 cm³/mol. The van der Waals surface area contributed by atoms with Crippen LogP contribution in [0.3, 0.4) is 0 Å². The summed E-state index contributed by atoms with van der Waals surface area (Å²) in [7, 11) is 1.56. The average Bonchev–Trinajstić information content (AvgIpc) is 2.53. The zero-order valence-electron chi connectivity index (χ0n) is 13.6. The molecule has 7 nitrogen and oxygen atoms in total. The van der Waals surface area contributed by atoms with E-state index in [1.807, 2.05) is 0 Å². The van der Waals surface area contributed by atoms with Gasteiger partial charge in [-0.05, 0) is 19.8 Å². The van der Waals surface area contributed by atoms with Gasteiger partial charge in [0.05, 0.1) is 13.2 Å². The van der Waals surface area contributed by atoms with Crippen molar-refractivity contribution in [1.29, 1.82) is 0 Å². The van der Waals surface area contributed by atoms with Crippen molar-refractivity contribution in [2.75, 3.05) is 39.8 Å². The van der Waals surface area contributed by atoms with E-state index >= 15 is 0 Å². The minimum atomic E-state index is -0.983. The highest BCUT2D eigenvalue weighted by molar-refractivity contribution is 5.86. The first kappa shape index (κ1) is 16.7. The first-order valence-corrected chi connectivity index (χ1v) is 7.78. The summed E-state index contributed by atoms with van der Waals surface area (Å²) in [6.45, 7) is 5.67. The Morgan fingerprint density at radius 2 is 1.77 bits per heavy atom. The van der Waals surface area contributed by atoms with Gasteiger partial charge in [-0.2, -0.15) is 0 Å². The van der Waals surface area contributed by atoms with E-state index in [2.05, 4.69) is 5.32 Å². The molecule has 0 aromatic heterocycles. The zero-order chi connectivity index (χ0) is 16.3. The molecule has 0 aromatic carbocycles. The summed E-state index contributed by atoms with van der Waals surface area (Å²) in [6.07, 6.45) is 1.37. The van der Waals surface area contributed by atoms with Crippen molar-refractivity contribution in [2.45, 2.75) is 32.3 Å². The highest BCUT2D eigenvalue weighted by Gasteiger charge is 2.41. The number of piperidine rings is 1. The molecule has 0 aliphatic carbocycles. The number of likely N-dealkylation sites (N-methyl/N-ethyl adjacent to an activating group) is 1. The fourth-order valence-electron chi connectivity index (χ4n) is 3.16. The highest BCUT2D eigenvalue weighted by Crippen LogP contribution is 2.24. The van der Waals surface area contributed by atoms with Crippen LogP contribution in [0.1, 0.15) is 26.7 Å². The summed E-state index contributed by atoms with van der Waals surface area (Å²) < 4.78 is 5.58. The monoisotopic (exact) mass is 311 g/mol. The number of ether oxygens (including phenoxy) is 1. The van der Waals surface area contributed by atoms with Crippen molar-refractivity contribution >= 4 is 17.7 Å². The Bertz CT molecular complexity index is 460. The van der Waals surface area contributed by atoms with Crippen LogP contribution in [0.25, 0.3) is 0 Å². The van der Waals surface area contributed by atoms with E-state index in [-0.39, 0.29) is 30.2 Å². The molecule has 2 rings (SSSR count). The number of rotatable bonds is 2. The Labute approximate surface area is 131 Å². The van der Waals surface area contributed by atoms with Gasteiger partial charge in [0, 0.05) is 39.5 Å². The van der Waals surface area contributed by atoms with Gasteiger partial charge in [0.15, 0.2) is 5.60 Å². The summed E-state index contributed by atoms with van der Waals surface area (Å²) in [5.74, 6) is -0.148. The molecule has 1 N–H and O–H groups in total. The molecule has 0 bridgehead atoms. The SMILES string of the molecule is CNC(=O)C1(C)CN(C(=O)C2CCN(C(C)=O)CC2)CCO1. The molecule has 0 spiro atoms. The van der Waals surface area contributed by atoms with Crippen LogP contribution in [0.2, 0.25) is 0 Å². The van der Waals surface area contributed by atoms with Crippen molar-refractivity contribution < 1.29 is 19.1 Å². The number of hydrogen-bond donors (Lipinski definition) is 1. The van der Waals surface area contributed by atoms with Gasteiger partial charge in [-0.15, -0.1) is 0 Å². The Kier molecular flexibility index (Phi) is 5.05. The van der Waals surface area contributed by atoms with Crippen LogP contribution in [0, 0.1) is 5.92 Å². The number of likely N-dealkylation sites (tertiary alicyclic amines) is 1. The topological polar surface area (TPSA) is 79.0 Å². The number of carbonyl (C=O) groups is 3. The van der Waals surface area contributed by atoms with Gasteiger partial charge >= 0.3 is 0 Å². The summed E-state index contributed by atoms with van der Waals surface area (Å²) in [5.41, 5.74) is -0.983. The second kappa shape index (κ2) is 6.64. The van der Waals surface area contributed by atoms with Crippen LogP contribution in [0.5, 0.6) is 0 Å². The Morgan fingerprint density at radius 3 is 2.32 bits per heavy atom. The van der Waals surface area contributed by atoms with Crippen molar-refractivity contribution in [3.05, 3.63) is 0 Å². The summed E-state index contributed by atoms with van der Waals surface area (Å²) in [5, 5.41) is 2.59. The van der Waals surface area contributed by atoms with Crippen molar-refractivity contribution in [1.82, 2.24) is 15.1 Å². The lowest BCUT2D eigenvalue weighted by molar-refractivity contribution is -0.165. The van der Waals surface area contributed by atoms with Gasteiger partial charge in [0.25, 0.3) is 5.91 Å². The molecule has 2 fully saturated rings. The molecular formula is C15H25N3O4. The molecule has 0 radical (unpaired) electrons. The van der Waals surface area contributed by atoms with Crippen LogP contribution in [-0.2, 0) is 19.1 Å². The van der Waals surface area contributed by atoms with Crippen LogP contribution < -0.4 is 5.32 Å². The van der Waals surface area contributed by atoms with Crippen LogP contribution in [-0.4, -0.2) is 73.0 Å². The quantitative estimate of drug-likeness (QED) is 0.753. The molecule has 2 saturated heterocycles. The third-order valence-electron chi connectivity index (χ3n) is 4.58. The van der Waals surface area contributed by atoms with Crippen LogP contribution in [0.15, 0.2) is 0 Å². The first-order chi connectivity index (χ1) is 10.4. The highest BCUT2D eigenvalue weighted by atomic mass is 16.5. The number of nitrogens with zero attached hydrogens (tertiary/aromatic N) is 2. The van der Waals surface area contributed by atoms with E-state index in [0.29, 0.717) is 39.1 Å². The molecule has 22 heavy (non-hydrogen) atoms. The summed E-state index contributed by atoms with van der Waals surface area (Å²) in [6, 6.07) is 0. The third kappa shape index (κ3) is 3.40. The van der Waals surface area contributed by atoms with Crippen molar-refractivity contribution in [3.63, 3.8) is 0 Å². The number of hydrogen-bond acceptors (Lipinski definition) is 4. The van der Waals surface area contributed by atoms with Gasteiger partial charge in [0.1, 0.15) is 0 Å². The number of nitrogens with one attached hydrogen (secondary N) is 1. The van der Waals surface area contributed by atoms with E-state index in [4.69, 9.17) is 4.74 Å². The molecular weight excluding hydrogens is 286 g/mol. The molecule has 2 aliphatic heterocycles. The van der Waals surface area contributed by atoms with Crippen molar-refractivity contribution in [3.8, 4) is 0 Å². The standard InChI is InChI=1S/C15H25N3O4/c1-11(19)17-6-4-12(5-7-17)13(20)18-8-9-22-15(2,10-18)14(21)16-3/h12H,4-10H2,1-3H3,(H,16,21). The maximum Gasteiger partial charge on any atom is 0.253 e. The van der Waals surface area contributed by atoms with Crippen molar-refractivity contribution in [2.24, 2.45) is 5.92 Å². The maximum atomic E-state index is 12.7. The lowest BCUT2D eigenvalue weighted by atomic mass is 9.93. The van der Waals surface area contributed by atoms with Gasteiger partial charge in [0.2, 0.25) is 11.8 Å². The Hall–Kier alpha value is -1.63. The lowest BCUT2D eigenvalue weighted by Crippen LogP contribution is -2.60. The summed E-state index contributed by atoms with van der Waals surface area (Å²) in [4.78, 5) is 39.4. The third-order valence-corrected chi connectivity index (χ3v) is 4.58. The molecule has 0 saturated carbocycles. The molecule has 0 aromatic rings. The van der Waals surface area contributed by atoms with Crippen LogP contribution in [0.4, 0.5) is 0 Å². The normalized spacial score (nSPS) is 26.7. The first-order valence-electron chi connectivity index (χ1n) is 7.78. The summed E-state index contributed by atoms with van der Waals surface area (Å²) >= 11 is 0. The van der Waals surface area contributed by atoms with Crippen LogP contribution >= 0.6 is 0 Å². The molecule has 7 heteroatoms. The average molecular weight is 311 g/mol. The van der Waals surface area contributed by atoms with E-state index in [0.717, 1.165) is 0 Å². The molecule has 3 amide bonds. The second-order valence-electron chi connectivity index (χ2n) is 6.20. The Morgan fingerprint density at radius 1 is 1.14 bits per heavy atom. The van der Waals surface area contributed by atoms with Gasteiger partial charge in [-0.25, -0.2) is 0 Å². The minimum Gasteiger partial charge on any atom is -0.362 e. The molecule has 2 aliphatic rings.